The van der Waals surface area contributed by atoms with Gasteiger partial charge in [0.05, 0.1) is 17.9 Å². The molecule has 1 unspecified atom stereocenters. The lowest BCUT2D eigenvalue weighted by Gasteiger charge is -2.27. The molecule has 128 valence electrons. The van der Waals surface area contributed by atoms with Crippen molar-refractivity contribution in [2.24, 2.45) is 0 Å². The molecular weight excluding hydrogens is 324 g/mol. The molecule has 4 nitrogen and oxygen atoms in total. The van der Waals surface area contributed by atoms with Gasteiger partial charge in [0.1, 0.15) is 0 Å². The summed E-state index contributed by atoms with van der Waals surface area (Å²) >= 11 is 0. The van der Waals surface area contributed by atoms with E-state index in [1.165, 1.54) is 11.3 Å². The van der Waals surface area contributed by atoms with E-state index in [4.69, 9.17) is 0 Å². The largest absolute Gasteiger partial charge is 0.478 e. The van der Waals surface area contributed by atoms with Crippen LogP contribution >= 0.6 is 0 Å². The van der Waals surface area contributed by atoms with Crippen molar-refractivity contribution in [1.29, 1.82) is 0 Å². The Bertz CT molecular complexity index is 1160. The molecule has 1 aliphatic heterocycles. The van der Waals surface area contributed by atoms with E-state index in [0.29, 0.717) is 5.56 Å². The zero-order valence-corrected chi connectivity index (χ0v) is 14.2. The van der Waals surface area contributed by atoms with Crippen LogP contribution in [0.1, 0.15) is 40.5 Å². The van der Waals surface area contributed by atoms with Crippen molar-refractivity contribution in [1.82, 2.24) is 9.55 Å². The van der Waals surface area contributed by atoms with Crippen molar-refractivity contribution < 1.29 is 9.90 Å². The topological polar surface area (TPSA) is 55.1 Å². The highest BCUT2D eigenvalue weighted by atomic mass is 16.4. The van der Waals surface area contributed by atoms with E-state index < -0.39 is 5.97 Å². The number of hydrogen-bond donors (Lipinski definition) is 1. The molecule has 2 heterocycles. The van der Waals surface area contributed by atoms with Crippen LogP contribution in [-0.4, -0.2) is 20.6 Å². The second-order valence-electron chi connectivity index (χ2n) is 6.95. The molecule has 5 rings (SSSR count). The fourth-order valence-electron chi connectivity index (χ4n) is 4.26. The summed E-state index contributed by atoms with van der Waals surface area (Å²) in [7, 11) is 0. The van der Waals surface area contributed by atoms with Gasteiger partial charge in [0.2, 0.25) is 0 Å². The molecule has 1 N–H and O–H groups in total. The van der Waals surface area contributed by atoms with E-state index in [1.807, 2.05) is 42.9 Å². The van der Waals surface area contributed by atoms with E-state index in [-0.39, 0.29) is 6.04 Å². The Balaban J connectivity index is 1.83. The van der Waals surface area contributed by atoms with Gasteiger partial charge in [-0.25, -0.2) is 9.78 Å². The fraction of sp³-hybridized carbons (Fsp3) is 0.182. The van der Waals surface area contributed by atoms with Crippen LogP contribution in [0.3, 0.4) is 0 Å². The standard InChI is InChI=1S/C22H18N2O2/c25-22(26)18-9-8-17(21-7-3-6-16-12-23-13-24(16)21)19-10-14-4-1-2-5-15(14)11-20(18)19/h1-2,4-5,8-13,21H,3,6-7H2,(H,25,26). The monoisotopic (exact) mass is 342 g/mol. The van der Waals surface area contributed by atoms with Crippen LogP contribution in [0.2, 0.25) is 0 Å². The van der Waals surface area contributed by atoms with Crippen LogP contribution in [0.25, 0.3) is 21.5 Å². The maximum Gasteiger partial charge on any atom is 0.336 e. The summed E-state index contributed by atoms with van der Waals surface area (Å²) in [6.45, 7) is 0. The van der Waals surface area contributed by atoms with Crippen molar-refractivity contribution >= 4 is 27.5 Å². The summed E-state index contributed by atoms with van der Waals surface area (Å²) in [4.78, 5) is 16.1. The van der Waals surface area contributed by atoms with Crippen molar-refractivity contribution in [2.75, 3.05) is 0 Å². The zero-order valence-electron chi connectivity index (χ0n) is 14.2. The van der Waals surface area contributed by atoms with Crippen LogP contribution in [-0.2, 0) is 6.42 Å². The summed E-state index contributed by atoms with van der Waals surface area (Å²) < 4.78 is 2.24. The van der Waals surface area contributed by atoms with Gasteiger partial charge in [0.25, 0.3) is 0 Å². The van der Waals surface area contributed by atoms with Crippen molar-refractivity contribution in [3.05, 3.63) is 77.9 Å². The zero-order chi connectivity index (χ0) is 17.7. The molecule has 1 aromatic heterocycles. The molecule has 1 aliphatic rings. The molecule has 0 aliphatic carbocycles. The molecule has 4 aromatic rings. The molecule has 0 saturated heterocycles. The average molecular weight is 342 g/mol. The Kier molecular flexibility index (Phi) is 3.32. The quantitative estimate of drug-likeness (QED) is 0.532. The van der Waals surface area contributed by atoms with Crippen molar-refractivity contribution in [2.45, 2.75) is 25.3 Å². The maximum absolute atomic E-state index is 11.8. The predicted octanol–water partition coefficient (Wildman–Crippen LogP) is 4.81. The second-order valence-corrected chi connectivity index (χ2v) is 6.95. The first-order valence-electron chi connectivity index (χ1n) is 8.92. The minimum absolute atomic E-state index is 0.202. The first-order valence-corrected chi connectivity index (χ1v) is 8.92. The SMILES string of the molecule is O=C(O)c1ccc(C2CCCc3cncn32)c2cc3ccccc3cc12. The Morgan fingerprint density at radius 3 is 2.62 bits per heavy atom. The van der Waals surface area contributed by atoms with Gasteiger partial charge in [0.15, 0.2) is 0 Å². The summed E-state index contributed by atoms with van der Waals surface area (Å²) in [5.41, 5.74) is 2.78. The third-order valence-electron chi connectivity index (χ3n) is 5.50. The Morgan fingerprint density at radius 2 is 1.85 bits per heavy atom. The van der Waals surface area contributed by atoms with Crippen molar-refractivity contribution in [3.8, 4) is 0 Å². The Morgan fingerprint density at radius 1 is 1.08 bits per heavy atom. The minimum atomic E-state index is -0.885. The lowest BCUT2D eigenvalue weighted by molar-refractivity contribution is 0.0699. The van der Waals surface area contributed by atoms with Gasteiger partial charge >= 0.3 is 5.97 Å². The van der Waals surface area contributed by atoms with E-state index in [2.05, 4.69) is 21.7 Å². The smallest absolute Gasteiger partial charge is 0.336 e. The van der Waals surface area contributed by atoms with Crippen LogP contribution in [0.4, 0.5) is 0 Å². The summed E-state index contributed by atoms with van der Waals surface area (Å²) in [6, 6.07) is 16.2. The van der Waals surface area contributed by atoms with E-state index in [0.717, 1.165) is 40.8 Å². The highest BCUT2D eigenvalue weighted by Gasteiger charge is 2.24. The molecule has 3 aromatic carbocycles. The summed E-state index contributed by atoms with van der Waals surface area (Å²) in [5, 5.41) is 13.7. The number of rotatable bonds is 2. The third-order valence-corrected chi connectivity index (χ3v) is 5.50. The van der Waals surface area contributed by atoms with E-state index in [9.17, 15) is 9.90 Å². The molecule has 0 fully saturated rings. The van der Waals surface area contributed by atoms with Gasteiger partial charge in [-0.05, 0) is 64.6 Å². The first-order chi connectivity index (χ1) is 12.7. The van der Waals surface area contributed by atoms with Crippen LogP contribution in [0.15, 0.2) is 61.1 Å². The third kappa shape index (κ3) is 2.22. The number of imidazole rings is 1. The minimum Gasteiger partial charge on any atom is -0.478 e. The van der Waals surface area contributed by atoms with Gasteiger partial charge in [0, 0.05) is 11.9 Å². The number of carboxylic acid groups (broad SMARTS) is 1. The van der Waals surface area contributed by atoms with Crippen LogP contribution in [0.5, 0.6) is 0 Å². The number of carbonyl (C=O) groups is 1. The van der Waals surface area contributed by atoms with Crippen LogP contribution < -0.4 is 0 Å². The fourth-order valence-corrected chi connectivity index (χ4v) is 4.26. The van der Waals surface area contributed by atoms with Gasteiger partial charge in [-0.3, -0.25) is 0 Å². The highest BCUT2D eigenvalue weighted by Crippen LogP contribution is 2.37. The molecule has 1 atom stereocenters. The molecule has 0 amide bonds. The predicted molar refractivity (Wildman–Crippen MR) is 102 cm³/mol. The molecule has 0 spiro atoms. The van der Waals surface area contributed by atoms with Gasteiger partial charge in [-0.1, -0.05) is 30.3 Å². The number of aromatic nitrogens is 2. The molecule has 4 heteroatoms. The molecule has 0 radical (unpaired) electrons. The lowest BCUT2D eigenvalue weighted by Crippen LogP contribution is -2.18. The number of aryl methyl sites for hydroxylation is 1. The summed E-state index contributed by atoms with van der Waals surface area (Å²) in [6.07, 6.45) is 7.04. The normalized spacial score (nSPS) is 16.7. The number of hydrogen-bond acceptors (Lipinski definition) is 2. The average Bonchev–Trinajstić information content (AvgIpc) is 3.14. The van der Waals surface area contributed by atoms with Gasteiger partial charge in [-0.2, -0.15) is 0 Å². The van der Waals surface area contributed by atoms with Gasteiger partial charge in [-0.15, -0.1) is 0 Å². The van der Waals surface area contributed by atoms with Gasteiger partial charge < -0.3 is 9.67 Å². The van der Waals surface area contributed by atoms with E-state index >= 15 is 0 Å². The number of fused-ring (bicyclic) bond motifs is 3. The Labute approximate surface area is 150 Å². The van der Waals surface area contributed by atoms with Crippen molar-refractivity contribution in [3.63, 3.8) is 0 Å². The molecule has 26 heavy (non-hydrogen) atoms. The highest BCUT2D eigenvalue weighted by molar-refractivity contribution is 6.09. The maximum atomic E-state index is 11.8. The lowest BCUT2D eigenvalue weighted by atomic mass is 9.89. The first kappa shape index (κ1) is 15.1. The molecular formula is C22H18N2O2. The number of carboxylic acids is 1. The molecule has 0 bridgehead atoms. The van der Waals surface area contributed by atoms with Crippen LogP contribution in [0, 0.1) is 0 Å². The number of nitrogens with zero attached hydrogens (tertiary/aromatic N) is 2. The molecule has 0 saturated carbocycles. The summed E-state index contributed by atoms with van der Waals surface area (Å²) in [5.74, 6) is -0.885. The van der Waals surface area contributed by atoms with E-state index in [1.54, 1.807) is 6.07 Å². The number of benzene rings is 3. The second kappa shape index (κ2) is 5.70. The number of aromatic carboxylic acids is 1. The Hall–Kier alpha value is -3.14.